The first-order valence-corrected chi connectivity index (χ1v) is 16.0. The first-order valence-electron chi connectivity index (χ1n) is 14.6. The molecule has 1 unspecified atom stereocenters. The van der Waals surface area contributed by atoms with E-state index >= 15 is 0 Å². The summed E-state index contributed by atoms with van der Waals surface area (Å²) in [5.74, 6) is -1.57. The SMILES string of the molecule is CCCNC(=O)C(Cc1ccccc1)N(Cc1ccccc1F)C(=O)CN(c1cccc(C)c1)S(=O)(=O)c1ccc(C)cc1. The van der Waals surface area contributed by atoms with E-state index in [0.29, 0.717) is 18.7 Å². The number of benzene rings is 4. The minimum Gasteiger partial charge on any atom is -0.354 e. The molecule has 0 saturated heterocycles. The van der Waals surface area contributed by atoms with Gasteiger partial charge in [0.1, 0.15) is 18.4 Å². The monoisotopic (exact) mass is 615 g/mol. The van der Waals surface area contributed by atoms with Gasteiger partial charge in [0.15, 0.2) is 0 Å². The summed E-state index contributed by atoms with van der Waals surface area (Å²) in [6.07, 6.45) is 0.840. The first-order chi connectivity index (χ1) is 21.1. The second-order valence-corrected chi connectivity index (χ2v) is 12.6. The van der Waals surface area contributed by atoms with Gasteiger partial charge in [0.2, 0.25) is 11.8 Å². The van der Waals surface area contributed by atoms with Crippen molar-refractivity contribution in [3.63, 3.8) is 0 Å². The number of nitrogens with one attached hydrogen (secondary N) is 1. The summed E-state index contributed by atoms with van der Waals surface area (Å²) < 4.78 is 44.2. The predicted molar refractivity (Wildman–Crippen MR) is 171 cm³/mol. The molecule has 0 fully saturated rings. The third-order valence-electron chi connectivity index (χ3n) is 7.30. The average molecular weight is 616 g/mol. The van der Waals surface area contributed by atoms with Crippen molar-refractivity contribution in [2.24, 2.45) is 0 Å². The van der Waals surface area contributed by atoms with E-state index in [2.05, 4.69) is 5.32 Å². The Balaban J connectivity index is 1.80. The number of sulfonamides is 1. The molecule has 4 aromatic rings. The number of nitrogens with zero attached hydrogens (tertiary/aromatic N) is 2. The second-order valence-electron chi connectivity index (χ2n) is 10.8. The number of hydrogen-bond donors (Lipinski definition) is 1. The standard InChI is InChI=1S/C35H38FN3O4S/c1-4-21-37-35(41)33(23-28-12-6-5-7-13-28)38(24-29-14-8-9-16-32(29)36)34(40)25-39(30-15-10-11-27(3)22-30)44(42,43)31-19-17-26(2)18-20-31/h5-20,22,33H,4,21,23-25H2,1-3H3,(H,37,41). The molecule has 0 aliphatic carbocycles. The van der Waals surface area contributed by atoms with E-state index in [4.69, 9.17) is 0 Å². The fourth-order valence-electron chi connectivity index (χ4n) is 4.88. The van der Waals surface area contributed by atoms with Crippen LogP contribution in [0.1, 0.15) is 35.6 Å². The molecule has 0 heterocycles. The third-order valence-corrected chi connectivity index (χ3v) is 9.08. The first kappa shape index (κ1) is 32.4. The van der Waals surface area contributed by atoms with Gasteiger partial charge in [-0.15, -0.1) is 0 Å². The molecule has 0 bridgehead atoms. The number of rotatable bonds is 13. The minimum atomic E-state index is -4.21. The summed E-state index contributed by atoms with van der Waals surface area (Å²) in [5, 5.41) is 2.88. The Morgan fingerprint density at radius 3 is 2.18 bits per heavy atom. The number of amides is 2. The normalized spacial score (nSPS) is 11.9. The Morgan fingerprint density at radius 2 is 1.52 bits per heavy atom. The van der Waals surface area contributed by atoms with Gasteiger partial charge in [-0.05, 0) is 61.7 Å². The lowest BCUT2D eigenvalue weighted by atomic mass is 10.0. The number of carbonyl (C=O) groups is 2. The van der Waals surface area contributed by atoms with Crippen molar-refractivity contribution in [3.05, 3.63) is 131 Å². The fraction of sp³-hybridized carbons (Fsp3) is 0.257. The Bertz CT molecular complexity index is 1680. The molecule has 4 aromatic carbocycles. The molecule has 0 aromatic heterocycles. The zero-order valence-electron chi connectivity index (χ0n) is 25.2. The molecule has 0 radical (unpaired) electrons. The zero-order chi connectivity index (χ0) is 31.7. The lowest BCUT2D eigenvalue weighted by Crippen LogP contribution is -2.53. The minimum absolute atomic E-state index is 0.0274. The van der Waals surface area contributed by atoms with Gasteiger partial charge in [-0.25, -0.2) is 12.8 Å². The van der Waals surface area contributed by atoms with Crippen molar-refractivity contribution >= 4 is 27.5 Å². The molecule has 0 aliphatic rings. The molecular weight excluding hydrogens is 577 g/mol. The second kappa shape index (κ2) is 14.8. The van der Waals surface area contributed by atoms with Crippen LogP contribution >= 0.6 is 0 Å². The van der Waals surface area contributed by atoms with Crippen LogP contribution in [0.2, 0.25) is 0 Å². The Kier molecular flexibility index (Phi) is 10.9. The maximum atomic E-state index is 15.0. The van der Waals surface area contributed by atoms with Gasteiger partial charge in [0.25, 0.3) is 10.0 Å². The van der Waals surface area contributed by atoms with E-state index < -0.39 is 40.2 Å². The molecule has 0 saturated carbocycles. The maximum absolute atomic E-state index is 15.0. The van der Waals surface area contributed by atoms with Crippen LogP contribution < -0.4 is 9.62 Å². The summed E-state index contributed by atoms with van der Waals surface area (Å²) in [7, 11) is -4.21. The van der Waals surface area contributed by atoms with Crippen LogP contribution in [0.5, 0.6) is 0 Å². The summed E-state index contributed by atoms with van der Waals surface area (Å²) >= 11 is 0. The van der Waals surface area contributed by atoms with Crippen LogP contribution in [0, 0.1) is 19.7 Å². The molecule has 4 rings (SSSR count). The van der Waals surface area contributed by atoms with E-state index in [9.17, 15) is 22.4 Å². The van der Waals surface area contributed by atoms with Gasteiger partial charge in [-0.1, -0.05) is 85.3 Å². The van der Waals surface area contributed by atoms with Crippen LogP contribution in [-0.2, 0) is 32.6 Å². The Morgan fingerprint density at radius 1 is 0.841 bits per heavy atom. The van der Waals surface area contributed by atoms with Crippen LogP contribution in [0.15, 0.2) is 108 Å². The molecule has 9 heteroatoms. The van der Waals surface area contributed by atoms with Gasteiger partial charge in [0, 0.05) is 25.1 Å². The summed E-state index contributed by atoms with van der Waals surface area (Å²) in [6.45, 7) is 5.18. The Labute approximate surface area is 259 Å². The predicted octanol–water partition coefficient (Wildman–Crippen LogP) is 5.80. The van der Waals surface area contributed by atoms with Gasteiger partial charge >= 0.3 is 0 Å². The number of anilines is 1. The van der Waals surface area contributed by atoms with Crippen molar-refractivity contribution in [1.29, 1.82) is 0 Å². The topological polar surface area (TPSA) is 86.8 Å². The molecule has 1 N–H and O–H groups in total. The zero-order valence-corrected chi connectivity index (χ0v) is 26.1. The fourth-order valence-corrected chi connectivity index (χ4v) is 6.29. The van der Waals surface area contributed by atoms with Crippen LogP contribution in [0.3, 0.4) is 0 Å². The highest BCUT2D eigenvalue weighted by Gasteiger charge is 2.35. The van der Waals surface area contributed by atoms with Crippen LogP contribution in [-0.4, -0.2) is 44.3 Å². The van der Waals surface area contributed by atoms with Crippen molar-refractivity contribution in [1.82, 2.24) is 10.2 Å². The quantitative estimate of drug-likeness (QED) is 0.206. The third kappa shape index (κ3) is 8.11. The van der Waals surface area contributed by atoms with Gasteiger partial charge in [0.05, 0.1) is 10.6 Å². The number of aryl methyl sites for hydroxylation is 2. The van der Waals surface area contributed by atoms with Crippen molar-refractivity contribution < 1.29 is 22.4 Å². The van der Waals surface area contributed by atoms with Crippen LogP contribution in [0.4, 0.5) is 10.1 Å². The van der Waals surface area contributed by atoms with Gasteiger partial charge in [-0.3, -0.25) is 13.9 Å². The largest absolute Gasteiger partial charge is 0.354 e. The van der Waals surface area contributed by atoms with Gasteiger partial charge in [-0.2, -0.15) is 0 Å². The van der Waals surface area contributed by atoms with Crippen LogP contribution in [0.25, 0.3) is 0 Å². The Hall–Kier alpha value is -4.50. The average Bonchev–Trinajstić information content (AvgIpc) is 3.01. The van der Waals surface area contributed by atoms with Gasteiger partial charge < -0.3 is 10.2 Å². The molecule has 230 valence electrons. The molecule has 0 spiro atoms. The lowest BCUT2D eigenvalue weighted by Gasteiger charge is -2.34. The highest BCUT2D eigenvalue weighted by molar-refractivity contribution is 7.92. The van der Waals surface area contributed by atoms with Crippen molar-refractivity contribution in [3.8, 4) is 0 Å². The molecule has 44 heavy (non-hydrogen) atoms. The number of carbonyl (C=O) groups excluding carboxylic acids is 2. The van der Waals surface area contributed by atoms with Crippen molar-refractivity contribution in [2.75, 3.05) is 17.4 Å². The highest BCUT2D eigenvalue weighted by atomic mass is 32.2. The van der Waals surface area contributed by atoms with E-state index in [0.717, 1.165) is 21.0 Å². The smallest absolute Gasteiger partial charge is 0.264 e. The molecular formula is C35H38FN3O4S. The molecule has 2 amide bonds. The van der Waals surface area contributed by atoms with E-state index in [-0.39, 0.29) is 23.4 Å². The highest BCUT2D eigenvalue weighted by Crippen LogP contribution is 2.26. The molecule has 1 atom stereocenters. The van der Waals surface area contributed by atoms with E-state index in [1.54, 1.807) is 48.5 Å². The molecule has 0 aliphatic heterocycles. The number of halogens is 1. The molecule has 7 nitrogen and oxygen atoms in total. The number of hydrogen-bond acceptors (Lipinski definition) is 4. The lowest BCUT2D eigenvalue weighted by molar-refractivity contribution is -0.140. The summed E-state index contributed by atoms with van der Waals surface area (Å²) in [6, 6.07) is 27.5. The van der Waals surface area contributed by atoms with Crippen molar-refractivity contribution in [2.45, 2.75) is 51.1 Å². The van der Waals surface area contributed by atoms with E-state index in [1.165, 1.54) is 23.1 Å². The van der Waals surface area contributed by atoms with E-state index in [1.807, 2.05) is 57.2 Å². The summed E-state index contributed by atoms with van der Waals surface area (Å²) in [4.78, 5) is 29.4. The summed E-state index contributed by atoms with van der Waals surface area (Å²) in [5.41, 5.74) is 3.02. The maximum Gasteiger partial charge on any atom is 0.264 e.